The number of ether oxygens (including phenoxy) is 1. The average molecular weight is 794 g/mol. The van der Waals surface area contributed by atoms with Crippen LogP contribution in [0.2, 0.25) is 0 Å². The number of phenolic OH excluding ortho intramolecular Hbond substituents is 1. The third-order valence-electron chi connectivity index (χ3n) is 10.6. The van der Waals surface area contributed by atoms with Crippen molar-refractivity contribution >= 4 is 49.0 Å². The maximum atomic E-state index is 17.4. The molecule has 3 atom stereocenters. The number of phenols is 1. The van der Waals surface area contributed by atoms with Crippen LogP contribution in [-0.4, -0.2) is 60.9 Å². The lowest BCUT2D eigenvalue weighted by atomic mass is 9.91. The maximum absolute atomic E-state index is 17.4. The number of hydrogen-bond acceptors (Lipinski definition) is 11. The van der Waals surface area contributed by atoms with Gasteiger partial charge >= 0.3 is 12.2 Å². The topological polar surface area (TPSA) is 164 Å². The zero-order valence-corrected chi connectivity index (χ0v) is 30.4. The minimum Gasteiger partial charge on any atom is -0.506 e. The molecule has 0 unspecified atom stereocenters. The molecule has 2 aromatic carbocycles. The number of alkyl halides is 4. The molecule has 0 saturated carbocycles. The highest BCUT2D eigenvalue weighted by Crippen LogP contribution is 2.52. The molecule has 11 nitrogen and oxygen atoms in total. The third-order valence-corrected chi connectivity index (χ3v) is 11.7. The first-order chi connectivity index (χ1) is 26.7. The van der Waals surface area contributed by atoms with Crippen molar-refractivity contribution in [2.24, 2.45) is 7.05 Å². The molecule has 0 spiro atoms. The second kappa shape index (κ2) is 13.7. The molecule has 290 valence electrons. The quantitative estimate of drug-likeness (QED) is 0.107. The summed E-state index contributed by atoms with van der Waals surface area (Å²) in [6.45, 7) is 0.734. The Hall–Kier alpha value is -5.80. The van der Waals surface area contributed by atoms with Crippen LogP contribution in [0, 0.1) is 23.0 Å². The van der Waals surface area contributed by atoms with Gasteiger partial charge in [-0.1, -0.05) is 12.1 Å². The van der Waals surface area contributed by atoms with Crippen LogP contribution in [0.5, 0.6) is 11.8 Å². The fourth-order valence-corrected chi connectivity index (χ4v) is 9.14. The Bertz CT molecular complexity index is 2570. The number of nitrogens with zero attached hydrogens (tertiary/aromatic N) is 6. The Kier molecular flexibility index (Phi) is 9.11. The molecule has 0 amide bonds. The van der Waals surface area contributed by atoms with E-state index in [1.54, 1.807) is 29.0 Å². The van der Waals surface area contributed by atoms with Gasteiger partial charge in [-0.15, -0.1) is 11.3 Å². The van der Waals surface area contributed by atoms with E-state index in [9.17, 15) is 14.8 Å². The number of rotatable bonds is 9. The molecule has 2 saturated heterocycles. The maximum Gasteiger partial charge on any atom is 0.420 e. The molecule has 6 heterocycles. The lowest BCUT2D eigenvalue weighted by molar-refractivity contribution is -0.138. The summed E-state index contributed by atoms with van der Waals surface area (Å²) >= 11 is 0.615. The van der Waals surface area contributed by atoms with Crippen LogP contribution >= 0.6 is 11.3 Å². The molecule has 0 radical (unpaired) electrons. The van der Waals surface area contributed by atoms with E-state index in [4.69, 9.17) is 16.2 Å². The summed E-state index contributed by atoms with van der Waals surface area (Å²) in [7, 11) is 1.81. The zero-order chi connectivity index (χ0) is 39.7. The van der Waals surface area contributed by atoms with Gasteiger partial charge in [-0.05, 0) is 55.1 Å². The van der Waals surface area contributed by atoms with E-state index in [2.05, 4.69) is 20.3 Å². The monoisotopic (exact) mass is 793 g/mol. The van der Waals surface area contributed by atoms with Crippen LogP contribution in [0.1, 0.15) is 47.6 Å². The van der Waals surface area contributed by atoms with Gasteiger partial charge < -0.3 is 31.2 Å². The van der Waals surface area contributed by atoms with E-state index in [-0.39, 0.29) is 52.5 Å². The highest BCUT2D eigenvalue weighted by molar-refractivity contribution is 7.23. The number of aromatic hydroxyl groups is 1. The number of thiophene rings is 1. The highest BCUT2D eigenvalue weighted by Gasteiger charge is 2.49. The summed E-state index contributed by atoms with van der Waals surface area (Å²) in [6, 6.07) is 7.27. The van der Waals surface area contributed by atoms with Crippen molar-refractivity contribution < 1.29 is 36.2 Å². The van der Waals surface area contributed by atoms with Crippen LogP contribution < -0.4 is 21.5 Å². The van der Waals surface area contributed by atoms with E-state index in [0.717, 1.165) is 24.1 Å². The number of benzene rings is 2. The van der Waals surface area contributed by atoms with Crippen LogP contribution in [0.3, 0.4) is 0 Å². The normalized spacial score (nSPS) is 19.1. The van der Waals surface area contributed by atoms with Gasteiger partial charge in [0, 0.05) is 55.1 Å². The average Bonchev–Trinajstić information content (AvgIpc) is 3.90. The Balaban J connectivity index is 1.38. The van der Waals surface area contributed by atoms with Crippen LogP contribution in [0.25, 0.3) is 32.1 Å². The van der Waals surface area contributed by atoms with Crippen LogP contribution in [-0.2, 0) is 19.6 Å². The van der Waals surface area contributed by atoms with E-state index < -0.39 is 80.7 Å². The Morgan fingerprint density at radius 2 is 1.98 bits per heavy atom. The van der Waals surface area contributed by atoms with Gasteiger partial charge in [-0.3, -0.25) is 4.90 Å². The predicted octanol–water partition coefficient (Wildman–Crippen LogP) is 7.63. The fourth-order valence-electron chi connectivity index (χ4n) is 8.19. The van der Waals surface area contributed by atoms with Crippen molar-refractivity contribution in [2.75, 3.05) is 36.5 Å². The minimum atomic E-state index is -5.41. The number of nitrogens with one attached hydrogen (secondary N) is 1. The number of nitrogen functional groups attached to an aromatic ring is 2. The third kappa shape index (κ3) is 6.24. The van der Waals surface area contributed by atoms with Gasteiger partial charge in [0.25, 0.3) is 0 Å². The molecular formula is C38H33F6N9O2S. The van der Waals surface area contributed by atoms with Crippen LogP contribution in [0.4, 0.5) is 43.0 Å². The second-order valence-corrected chi connectivity index (χ2v) is 15.2. The molecule has 8 rings (SSSR count). The SMILES string of the molecule is Cn1ccc(C[C@@H](Nc2nc(OC[C@@]34CCCN3C[C@H](F)C4)nc3c(F)c(-c4ccc(F)c5sc(N)c(C#N)c45)c(C(F)(F)F)c(O)c23)c2cccnc2N)c1. The smallest absolute Gasteiger partial charge is 0.420 e. The molecule has 56 heavy (non-hydrogen) atoms. The molecule has 2 aliphatic rings. The predicted molar refractivity (Wildman–Crippen MR) is 199 cm³/mol. The van der Waals surface area contributed by atoms with E-state index >= 15 is 22.0 Å². The molecule has 6 N–H and O–H groups in total. The van der Waals surface area contributed by atoms with Crippen molar-refractivity contribution in [3.8, 4) is 29.0 Å². The Morgan fingerprint density at radius 1 is 1.18 bits per heavy atom. The summed E-state index contributed by atoms with van der Waals surface area (Å²) in [4.78, 5) is 14.8. The standard InChI is InChI=1S/C38H33F6N9O2S/c1-52-11-7-18(15-52)12-24(20-4-2-9-48-33(20)46)49-35-27-30(50-36(51-35)55-17-37-8-3-10-53(37)16-19(39)13-37)29(41)26(28(31(27)54)38(42,43)44)21-5-6-23(40)32-25(21)22(14-45)34(47)56-32/h2,4-7,9,11,15,19,24,54H,3,8,10,12-13,16-17,47H2,1H3,(H2,46,48)(H,49,50,51)/t19-,24-,37+/m1/s1. The van der Waals surface area contributed by atoms with Gasteiger partial charge in [0.05, 0.1) is 27.2 Å². The highest BCUT2D eigenvalue weighted by atomic mass is 32.1. The van der Waals surface area contributed by atoms with Crippen molar-refractivity contribution in [1.29, 1.82) is 5.26 Å². The fraction of sp³-hybridized carbons (Fsp3) is 0.316. The number of aryl methyl sites for hydroxylation is 1. The lowest BCUT2D eigenvalue weighted by Crippen LogP contribution is -2.43. The van der Waals surface area contributed by atoms with Crippen molar-refractivity contribution in [2.45, 2.75) is 49.6 Å². The minimum absolute atomic E-state index is 0.0931. The number of nitrogens with two attached hydrogens (primary N) is 2. The van der Waals surface area contributed by atoms with E-state index in [0.29, 0.717) is 29.9 Å². The number of aromatic nitrogens is 4. The van der Waals surface area contributed by atoms with Gasteiger partial charge in [-0.25, -0.2) is 18.2 Å². The summed E-state index contributed by atoms with van der Waals surface area (Å²) in [5.74, 6) is -4.23. The van der Waals surface area contributed by atoms with Gasteiger partial charge in [0.15, 0.2) is 5.82 Å². The number of pyridine rings is 1. The summed E-state index contributed by atoms with van der Waals surface area (Å²) in [6.07, 6.45) is 0.307. The van der Waals surface area contributed by atoms with Crippen LogP contribution in [0.15, 0.2) is 48.9 Å². The van der Waals surface area contributed by atoms with E-state index in [1.165, 1.54) is 6.20 Å². The van der Waals surface area contributed by atoms with Gasteiger partial charge in [0.2, 0.25) is 0 Å². The lowest BCUT2D eigenvalue weighted by Gasteiger charge is -2.31. The first kappa shape index (κ1) is 37.1. The molecule has 2 fully saturated rings. The molecule has 18 heteroatoms. The Labute approximate surface area is 319 Å². The zero-order valence-electron chi connectivity index (χ0n) is 29.6. The van der Waals surface area contributed by atoms with E-state index in [1.807, 2.05) is 24.2 Å². The van der Waals surface area contributed by atoms with Gasteiger partial charge in [-0.2, -0.15) is 28.4 Å². The summed E-state index contributed by atoms with van der Waals surface area (Å²) in [5.41, 5.74) is 8.08. The molecule has 6 aromatic rings. The molecular weight excluding hydrogens is 761 g/mol. The number of anilines is 3. The summed E-state index contributed by atoms with van der Waals surface area (Å²) < 4.78 is 100. The van der Waals surface area contributed by atoms with Crippen molar-refractivity contribution in [3.63, 3.8) is 0 Å². The molecule has 2 aliphatic heterocycles. The van der Waals surface area contributed by atoms with Gasteiger partial charge in [0.1, 0.15) is 58.1 Å². The van der Waals surface area contributed by atoms with Crippen molar-refractivity contribution in [3.05, 3.63) is 82.8 Å². The first-order valence-electron chi connectivity index (χ1n) is 17.5. The number of nitriles is 1. The molecule has 0 aliphatic carbocycles. The number of hydrogen-bond donors (Lipinski definition) is 4. The van der Waals surface area contributed by atoms with Crippen molar-refractivity contribution in [1.82, 2.24) is 24.4 Å². The molecule has 4 aromatic heterocycles. The molecule has 0 bridgehead atoms. The largest absolute Gasteiger partial charge is 0.506 e. The number of halogens is 6. The first-order valence-corrected chi connectivity index (χ1v) is 18.3. The second-order valence-electron chi connectivity index (χ2n) is 14.2. The summed E-state index contributed by atoms with van der Waals surface area (Å²) in [5, 5.41) is 23.5. The Morgan fingerprint density at radius 3 is 2.70 bits per heavy atom. The number of fused-ring (bicyclic) bond motifs is 3.